The summed E-state index contributed by atoms with van der Waals surface area (Å²) in [6, 6.07) is 7.27. The number of amides is 1. The number of benzene rings is 1. The van der Waals surface area contributed by atoms with Gasteiger partial charge in [0.2, 0.25) is 0 Å². The van der Waals surface area contributed by atoms with Crippen molar-refractivity contribution >= 4 is 11.9 Å². The Morgan fingerprint density at radius 2 is 1.93 bits per heavy atom. The van der Waals surface area contributed by atoms with Gasteiger partial charge in [0.25, 0.3) is 5.91 Å². The van der Waals surface area contributed by atoms with Gasteiger partial charge in [-0.15, -0.1) is 5.10 Å². The molecule has 0 bridgehead atoms. The molecule has 0 spiro atoms. The van der Waals surface area contributed by atoms with Crippen molar-refractivity contribution in [3.05, 3.63) is 64.6 Å². The first-order valence-corrected chi connectivity index (χ1v) is 8.43. The number of hydrogen-bond acceptors (Lipinski definition) is 6. The minimum atomic E-state index is -0.500. The molecular weight excluding hydrogens is 367 g/mol. The Labute approximate surface area is 160 Å². The third-order valence-corrected chi connectivity index (χ3v) is 4.28. The summed E-state index contributed by atoms with van der Waals surface area (Å²) in [7, 11) is 2.88. The molecule has 0 fully saturated rings. The Kier molecular flexibility index (Phi) is 5.25. The van der Waals surface area contributed by atoms with Crippen molar-refractivity contribution in [3.63, 3.8) is 0 Å². The third-order valence-electron chi connectivity index (χ3n) is 4.28. The zero-order chi connectivity index (χ0) is 20.4. The van der Waals surface area contributed by atoms with E-state index in [1.807, 2.05) is 0 Å². The van der Waals surface area contributed by atoms with E-state index in [1.165, 1.54) is 28.8 Å². The first kappa shape index (κ1) is 19.3. The molecule has 1 amide bonds. The maximum Gasteiger partial charge on any atom is 0.341 e. The van der Waals surface area contributed by atoms with Crippen LogP contribution in [0.5, 0.6) is 0 Å². The van der Waals surface area contributed by atoms with E-state index in [0.29, 0.717) is 28.5 Å². The van der Waals surface area contributed by atoms with Crippen molar-refractivity contribution in [2.75, 3.05) is 14.2 Å². The summed E-state index contributed by atoms with van der Waals surface area (Å²) < 4.78 is 24.8. The first-order chi connectivity index (χ1) is 13.3. The summed E-state index contributed by atoms with van der Waals surface area (Å²) in [6.45, 7) is 3.49. The molecule has 0 aliphatic rings. The van der Waals surface area contributed by atoms with E-state index >= 15 is 0 Å². The monoisotopic (exact) mass is 386 g/mol. The van der Waals surface area contributed by atoms with Gasteiger partial charge in [-0.2, -0.15) is 0 Å². The number of furan rings is 1. The van der Waals surface area contributed by atoms with Crippen molar-refractivity contribution in [2.45, 2.75) is 20.4 Å². The van der Waals surface area contributed by atoms with Gasteiger partial charge in [0.05, 0.1) is 25.0 Å². The van der Waals surface area contributed by atoms with Crippen molar-refractivity contribution in [2.24, 2.45) is 0 Å². The van der Waals surface area contributed by atoms with E-state index in [-0.39, 0.29) is 24.0 Å². The van der Waals surface area contributed by atoms with Crippen LogP contribution < -0.4 is 0 Å². The minimum absolute atomic E-state index is 0.138. The number of aromatic nitrogens is 3. The van der Waals surface area contributed by atoms with E-state index in [9.17, 15) is 14.0 Å². The van der Waals surface area contributed by atoms with Crippen molar-refractivity contribution < 1.29 is 23.1 Å². The summed E-state index contributed by atoms with van der Waals surface area (Å²) in [6.07, 6.45) is 0. The van der Waals surface area contributed by atoms with Crippen molar-refractivity contribution in [3.8, 4) is 5.69 Å². The second kappa shape index (κ2) is 7.63. The fourth-order valence-electron chi connectivity index (χ4n) is 2.77. The summed E-state index contributed by atoms with van der Waals surface area (Å²) >= 11 is 0. The van der Waals surface area contributed by atoms with E-state index in [4.69, 9.17) is 9.15 Å². The molecule has 9 heteroatoms. The number of carbonyl (C=O) groups is 2. The number of nitrogens with zero attached hydrogens (tertiary/aromatic N) is 4. The smallest absolute Gasteiger partial charge is 0.341 e. The largest absolute Gasteiger partial charge is 0.465 e. The SMILES string of the molecule is COC(=O)c1cc(CN(C)C(=O)c2nnn(-c3ccc(F)cc3)c2C)oc1C. The Balaban J connectivity index is 1.79. The number of carbonyl (C=O) groups excluding carboxylic acids is 2. The number of ether oxygens (including phenoxy) is 1. The number of methoxy groups -OCH3 is 1. The zero-order valence-corrected chi connectivity index (χ0v) is 15.9. The summed E-state index contributed by atoms with van der Waals surface area (Å²) in [5, 5.41) is 7.96. The summed E-state index contributed by atoms with van der Waals surface area (Å²) in [4.78, 5) is 25.9. The molecule has 2 heterocycles. The molecule has 0 aliphatic heterocycles. The molecule has 0 N–H and O–H groups in total. The maximum absolute atomic E-state index is 13.1. The normalized spacial score (nSPS) is 10.8. The lowest BCUT2D eigenvalue weighted by Crippen LogP contribution is -2.27. The predicted molar refractivity (Wildman–Crippen MR) is 96.6 cm³/mol. The second-order valence-electron chi connectivity index (χ2n) is 6.25. The third kappa shape index (κ3) is 3.64. The molecule has 0 unspecified atom stereocenters. The van der Waals surface area contributed by atoms with Crippen LogP contribution in [0.15, 0.2) is 34.7 Å². The molecule has 0 atom stereocenters. The molecule has 3 rings (SSSR count). The standard InChI is InChI=1S/C19H19FN4O4/c1-11-17(21-22-24(11)14-7-5-13(20)6-8-14)18(25)23(3)10-15-9-16(12(2)28-15)19(26)27-4/h5-9H,10H2,1-4H3. The lowest BCUT2D eigenvalue weighted by Gasteiger charge is -2.14. The van der Waals surface area contributed by atoms with Crippen molar-refractivity contribution in [1.29, 1.82) is 0 Å². The molecule has 0 aliphatic carbocycles. The number of halogens is 1. The average molecular weight is 386 g/mol. The molecule has 146 valence electrons. The number of aryl methyl sites for hydroxylation is 1. The Bertz CT molecular complexity index is 1020. The van der Waals surface area contributed by atoms with Gasteiger partial charge in [0, 0.05) is 7.05 Å². The lowest BCUT2D eigenvalue weighted by molar-refractivity contribution is 0.0598. The topological polar surface area (TPSA) is 90.5 Å². The van der Waals surface area contributed by atoms with Crippen LogP contribution in [0, 0.1) is 19.7 Å². The molecule has 28 heavy (non-hydrogen) atoms. The highest BCUT2D eigenvalue weighted by atomic mass is 19.1. The highest BCUT2D eigenvalue weighted by Gasteiger charge is 2.23. The van der Waals surface area contributed by atoms with Gasteiger partial charge in [-0.1, -0.05) is 5.21 Å². The van der Waals surface area contributed by atoms with Crippen LogP contribution in [0.2, 0.25) is 0 Å². The van der Waals surface area contributed by atoms with Crippen LogP contribution >= 0.6 is 0 Å². The highest BCUT2D eigenvalue weighted by Crippen LogP contribution is 2.19. The fraction of sp³-hybridized carbons (Fsp3) is 0.263. The predicted octanol–water partition coefficient (Wildman–Crippen LogP) is 2.68. The molecule has 3 aromatic rings. The summed E-state index contributed by atoms with van der Waals surface area (Å²) in [5.41, 5.74) is 1.60. The van der Waals surface area contributed by atoms with Gasteiger partial charge in [-0.05, 0) is 44.2 Å². The van der Waals surface area contributed by atoms with E-state index in [1.54, 1.807) is 39.1 Å². The Morgan fingerprint density at radius 3 is 2.57 bits per heavy atom. The molecule has 8 nitrogen and oxygen atoms in total. The molecular formula is C19H19FN4O4. The van der Waals surface area contributed by atoms with Gasteiger partial charge in [-0.25, -0.2) is 13.9 Å². The number of hydrogen-bond donors (Lipinski definition) is 0. The molecule has 1 aromatic carbocycles. The molecule has 0 saturated heterocycles. The molecule has 2 aromatic heterocycles. The van der Waals surface area contributed by atoms with Gasteiger partial charge in [-0.3, -0.25) is 4.79 Å². The van der Waals surface area contributed by atoms with E-state index < -0.39 is 5.97 Å². The van der Waals surface area contributed by atoms with Crippen LogP contribution in [-0.4, -0.2) is 45.9 Å². The Morgan fingerprint density at radius 1 is 1.25 bits per heavy atom. The molecule has 0 saturated carbocycles. The minimum Gasteiger partial charge on any atom is -0.465 e. The van der Waals surface area contributed by atoms with E-state index in [2.05, 4.69) is 10.3 Å². The second-order valence-corrected chi connectivity index (χ2v) is 6.25. The highest BCUT2D eigenvalue weighted by molar-refractivity contribution is 5.93. The van der Waals surface area contributed by atoms with Gasteiger partial charge >= 0.3 is 5.97 Å². The van der Waals surface area contributed by atoms with Crippen LogP contribution in [0.25, 0.3) is 5.69 Å². The number of rotatable bonds is 5. The number of esters is 1. The Hall–Kier alpha value is -3.49. The van der Waals surface area contributed by atoms with Gasteiger partial charge < -0.3 is 14.1 Å². The molecule has 0 radical (unpaired) electrons. The van der Waals surface area contributed by atoms with Crippen LogP contribution in [0.4, 0.5) is 4.39 Å². The lowest BCUT2D eigenvalue weighted by atomic mass is 10.2. The van der Waals surface area contributed by atoms with Crippen LogP contribution in [-0.2, 0) is 11.3 Å². The fourth-order valence-corrected chi connectivity index (χ4v) is 2.77. The quantitative estimate of drug-likeness (QED) is 0.626. The summed E-state index contributed by atoms with van der Waals surface area (Å²) in [5.74, 6) is -0.366. The maximum atomic E-state index is 13.1. The van der Waals surface area contributed by atoms with Crippen molar-refractivity contribution in [1.82, 2.24) is 19.9 Å². The van der Waals surface area contributed by atoms with Crippen LogP contribution in [0.3, 0.4) is 0 Å². The zero-order valence-electron chi connectivity index (χ0n) is 15.9. The van der Waals surface area contributed by atoms with Crippen LogP contribution in [0.1, 0.15) is 38.1 Å². The van der Waals surface area contributed by atoms with Gasteiger partial charge in [0.1, 0.15) is 22.9 Å². The van der Waals surface area contributed by atoms with E-state index in [0.717, 1.165) is 0 Å². The average Bonchev–Trinajstić information content (AvgIpc) is 3.23. The van der Waals surface area contributed by atoms with Gasteiger partial charge in [0.15, 0.2) is 5.69 Å². The first-order valence-electron chi connectivity index (χ1n) is 8.43.